The summed E-state index contributed by atoms with van der Waals surface area (Å²) in [6.07, 6.45) is 3.53. The van der Waals surface area contributed by atoms with Gasteiger partial charge in [0.2, 0.25) is 0 Å². The van der Waals surface area contributed by atoms with Gasteiger partial charge in [0.1, 0.15) is 12.9 Å². The fourth-order valence-electron chi connectivity index (χ4n) is 0.593. The fraction of sp³-hybridized carbons (Fsp3) is 0.333. The van der Waals surface area contributed by atoms with Crippen LogP contribution in [0, 0.1) is 0 Å². The number of nitrogens with zero attached hydrogens (tertiary/aromatic N) is 1. The van der Waals surface area contributed by atoms with E-state index in [9.17, 15) is 0 Å². The molecule has 0 saturated heterocycles. The van der Waals surface area contributed by atoms with Gasteiger partial charge in [-0.05, 0) is 0 Å². The van der Waals surface area contributed by atoms with E-state index in [1.54, 1.807) is 31.3 Å². The zero-order chi connectivity index (χ0) is 6.69. The number of rotatable bonds is 2. The third kappa shape index (κ3) is 1.16. The van der Waals surface area contributed by atoms with Crippen molar-refractivity contribution in [3.63, 3.8) is 0 Å². The Morgan fingerprint density at radius 3 is 2.56 bits per heavy atom. The van der Waals surface area contributed by atoms with Crippen LogP contribution in [-0.2, 0) is 0 Å². The van der Waals surface area contributed by atoms with Gasteiger partial charge in [0, 0.05) is 12.3 Å². The SMILES string of the molecule is COc1ccn(OC)c1. The van der Waals surface area contributed by atoms with E-state index >= 15 is 0 Å². The minimum Gasteiger partial charge on any atom is -0.495 e. The highest BCUT2D eigenvalue weighted by atomic mass is 16.6. The van der Waals surface area contributed by atoms with Gasteiger partial charge >= 0.3 is 0 Å². The van der Waals surface area contributed by atoms with Crippen LogP contribution in [0.1, 0.15) is 0 Å². The molecule has 1 aromatic heterocycles. The molecule has 1 rings (SSSR count). The zero-order valence-corrected chi connectivity index (χ0v) is 5.50. The molecule has 0 fully saturated rings. The van der Waals surface area contributed by atoms with Crippen molar-refractivity contribution in [1.82, 2.24) is 4.73 Å². The first-order valence-electron chi connectivity index (χ1n) is 2.63. The first-order valence-corrected chi connectivity index (χ1v) is 2.63. The number of hydrogen-bond acceptors (Lipinski definition) is 2. The van der Waals surface area contributed by atoms with Crippen molar-refractivity contribution in [2.24, 2.45) is 0 Å². The first kappa shape index (κ1) is 6.01. The van der Waals surface area contributed by atoms with Crippen molar-refractivity contribution in [2.45, 2.75) is 0 Å². The van der Waals surface area contributed by atoms with Gasteiger partial charge in [0.05, 0.1) is 13.3 Å². The Morgan fingerprint density at radius 1 is 1.44 bits per heavy atom. The molecule has 0 N–H and O–H groups in total. The third-order valence-electron chi connectivity index (χ3n) is 1.09. The Morgan fingerprint density at radius 2 is 2.22 bits per heavy atom. The van der Waals surface area contributed by atoms with Crippen molar-refractivity contribution in [1.29, 1.82) is 0 Å². The Balaban J connectivity index is 2.74. The number of methoxy groups -OCH3 is 1. The number of hydrogen-bond donors (Lipinski definition) is 0. The Bertz CT molecular complexity index is 164. The quantitative estimate of drug-likeness (QED) is 0.579. The number of ether oxygens (including phenoxy) is 1. The van der Waals surface area contributed by atoms with Crippen molar-refractivity contribution in [3.8, 4) is 5.75 Å². The highest BCUT2D eigenvalue weighted by molar-refractivity contribution is 5.16. The smallest absolute Gasteiger partial charge is 0.140 e. The summed E-state index contributed by atoms with van der Waals surface area (Å²) in [6.45, 7) is 0. The predicted molar refractivity (Wildman–Crippen MR) is 33.5 cm³/mol. The van der Waals surface area contributed by atoms with Crippen LogP contribution < -0.4 is 9.57 Å². The molecular formula is C6H9NO2. The molecule has 0 atom stereocenters. The molecule has 0 aliphatic heterocycles. The summed E-state index contributed by atoms with van der Waals surface area (Å²) in [4.78, 5) is 4.83. The standard InChI is InChI=1S/C6H9NO2/c1-8-6-3-4-7(5-6)9-2/h3-5H,1-2H3. The van der Waals surface area contributed by atoms with Crippen LogP contribution in [0.3, 0.4) is 0 Å². The van der Waals surface area contributed by atoms with Gasteiger partial charge in [0.15, 0.2) is 0 Å². The summed E-state index contributed by atoms with van der Waals surface area (Å²) in [5.74, 6) is 0.803. The van der Waals surface area contributed by atoms with Gasteiger partial charge in [0.25, 0.3) is 0 Å². The summed E-state index contributed by atoms with van der Waals surface area (Å²) in [5.41, 5.74) is 0. The van der Waals surface area contributed by atoms with E-state index < -0.39 is 0 Å². The summed E-state index contributed by atoms with van der Waals surface area (Å²) in [6, 6.07) is 1.82. The van der Waals surface area contributed by atoms with E-state index in [0.717, 1.165) is 5.75 Å². The molecule has 3 heteroatoms. The molecule has 0 radical (unpaired) electrons. The molecule has 0 aliphatic carbocycles. The van der Waals surface area contributed by atoms with Crippen LogP contribution in [0.15, 0.2) is 18.5 Å². The van der Waals surface area contributed by atoms with Gasteiger partial charge in [-0.25, -0.2) is 0 Å². The average molecular weight is 127 g/mol. The lowest BCUT2D eigenvalue weighted by Crippen LogP contribution is -2.00. The molecule has 0 bridgehead atoms. The third-order valence-corrected chi connectivity index (χ3v) is 1.09. The van der Waals surface area contributed by atoms with E-state index in [4.69, 9.17) is 9.57 Å². The molecule has 9 heavy (non-hydrogen) atoms. The molecule has 0 aliphatic rings. The van der Waals surface area contributed by atoms with E-state index in [0.29, 0.717) is 0 Å². The molecule has 0 amide bonds. The highest BCUT2D eigenvalue weighted by Crippen LogP contribution is 2.07. The van der Waals surface area contributed by atoms with Crippen LogP contribution in [0.25, 0.3) is 0 Å². The second kappa shape index (κ2) is 2.44. The lowest BCUT2D eigenvalue weighted by Gasteiger charge is -1.95. The second-order valence-corrected chi connectivity index (χ2v) is 1.59. The Labute approximate surface area is 53.8 Å². The van der Waals surface area contributed by atoms with E-state index in [2.05, 4.69) is 0 Å². The lowest BCUT2D eigenvalue weighted by atomic mass is 10.6. The maximum atomic E-state index is 4.90. The van der Waals surface area contributed by atoms with Crippen molar-refractivity contribution in [3.05, 3.63) is 18.5 Å². The molecule has 0 aromatic carbocycles. The molecule has 1 aromatic rings. The largest absolute Gasteiger partial charge is 0.495 e. The van der Waals surface area contributed by atoms with Crippen LogP contribution in [-0.4, -0.2) is 19.0 Å². The average Bonchev–Trinajstić information content (AvgIpc) is 2.34. The normalized spacial score (nSPS) is 9.11. The molecule has 0 saturated carbocycles. The van der Waals surface area contributed by atoms with Gasteiger partial charge < -0.3 is 9.57 Å². The van der Waals surface area contributed by atoms with Crippen molar-refractivity contribution >= 4 is 0 Å². The minimum atomic E-state index is 0.803. The fourth-order valence-corrected chi connectivity index (χ4v) is 0.593. The van der Waals surface area contributed by atoms with Crippen molar-refractivity contribution < 1.29 is 9.57 Å². The maximum absolute atomic E-state index is 4.90. The first-order chi connectivity index (χ1) is 4.36. The van der Waals surface area contributed by atoms with Crippen LogP contribution in [0.5, 0.6) is 5.75 Å². The van der Waals surface area contributed by atoms with Crippen LogP contribution >= 0.6 is 0 Å². The summed E-state index contributed by atoms with van der Waals surface area (Å²) in [5, 5.41) is 0. The molecule has 1 heterocycles. The van der Waals surface area contributed by atoms with Gasteiger partial charge in [-0.1, -0.05) is 0 Å². The maximum Gasteiger partial charge on any atom is 0.140 e. The highest BCUT2D eigenvalue weighted by Gasteiger charge is 1.91. The molecular weight excluding hydrogens is 118 g/mol. The van der Waals surface area contributed by atoms with E-state index in [1.165, 1.54) is 0 Å². The van der Waals surface area contributed by atoms with Crippen LogP contribution in [0.2, 0.25) is 0 Å². The summed E-state index contributed by atoms with van der Waals surface area (Å²) in [7, 11) is 3.22. The van der Waals surface area contributed by atoms with Crippen LogP contribution in [0.4, 0.5) is 0 Å². The summed E-state index contributed by atoms with van der Waals surface area (Å²) < 4.78 is 6.46. The topological polar surface area (TPSA) is 23.4 Å². The molecule has 0 unspecified atom stereocenters. The molecule has 0 spiro atoms. The Hall–Kier alpha value is -1.12. The van der Waals surface area contributed by atoms with E-state index in [1.807, 2.05) is 6.07 Å². The summed E-state index contributed by atoms with van der Waals surface area (Å²) >= 11 is 0. The molecule has 50 valence electrons. The second-order valence-electron chi connectivity index (χ2n) is 1.59. The lowest BCUT2D eigenvalue weighted by molar-refractivity contribution is 0.167. The van der Waals surface area contributed by atoms with Crippen molar-refractivity contribution in [2.75, 3.05) is 14.2 Å². The monoisotopic (exact) mass is 127 g/mol. The Kier molecular flexibility index (Phi) is 1.63. The van der Waals surface area contributed by atoms with Gasteiger partial charge in [-0.3, -0.25) is 0 Å². The minimum absolute atomic E-state index is 0.803. The zero-order valence-electron chi connectivity index (χ0n) is 5.50. The number of aromatic nitrogens is 1. The van der Waals surface area contributed by atoms with E-state index in [-0.39, 0.29) is 0 Å². The molecule has 3 nitrogen and oxygen atoms in total. The predicted octanol–water partition coefficient (Wildman–Crippen LogP) is 0.555. The van der Waals surface area contributed by atoms with Gasteiger partial charge in [-0.2, -0.15) is 4.73 Å². The van der Waals surface area contributed by atoms with Gasteiger partial charge in [-0.15, -0.1) is 0 Å².